The van der Waals surface area contributed by atoms with Crippen LogP contribution in [0.2, 0.25) is 0 Å². The second kappa shape index (κ2) is 12.3. The topological polar surface area (TPSA) is 258 Å². The van der Waals surface area contributed by atoms with Crippen molar-refractivity contribution in [2.24, 2.45) is 0 Å². The van der Waals surface area contributed by atoms with Gasteiger partial charge in [-0.05, 0) is 0 Å². The zero-order valence-corrected chi connectivity index (χ0v) is 18.7. The molecule has 3 saturated heterocycles. The van der Waals surface area contributed by atoms with Crippen molar-refractivity contribution in [2.75, 3.05) is 26.9 Å². The van der Waals surface area contributed by atoms with Gasteiger partial charge in [-0.2, -0.15) is 0 Å². The van der Waals surface area contributed by atoms with E-state index in [1.54, 1.807) is 0 Å². The van der Waals surface area contributed by atoms with E-state index in [1.165, 1.54) is 7.11 Å². The van der Waals surface area contributed by atoms with E-state index in [9.17, 15) is 51.1 Å². The molecule has 3 aliphatic heterocycles. The van der Waals surface area contributed by atoms with E-state index >= 15 is 0 Å². The Kier molecular flexibility index (Phi) is 10.1. The minimum atomic E-state index is -1.89. The maximum absolute atomic E-state index is 10.7. The highest BCUT2D eigenvalue weighted by molar-refractivity contribution is 4.95. The third-order valence-corrected chi connectivity index (χ3v) is 6.32. The van der Waals surface area contributed by atoms with Crippen molar-refractivity contribution >= 4 is 0 Å². The van der Waals surface area contributed by atoms with Crippen LogP contribution in [0.4, 0.5) is 0 Å². The molecular weight excluding hydrogens is 484 g/mol. The Bertz CT molecular complexity index is 654. The van der Waals surface area contributed by atoms with E-state index in [-0.39, 0.29) is 0 Å². The zero-order chi connectivity index (χ0) is 26.0. The zero-order valence-electron chi connectivity index (χ0n) is 18.7. The molecule has 0 bridgehead atoms. The molecule has 0 amide bonds. The van der Waals surface area contributed by atoms with Crippen molar-refractivity contribution in [3.63, 3.8) is 0 Å². The molecule has 15 atom stereocenters. The summed E-state index contributed by atoms with van der Waals surface area (Å²) in [6, 6.07) is 0. The van der Waals surface area contributed by atoms with Crippen LogP contribution >= 0.6 is 0 Å². The largest absolute Gasteiger partial charge is 0.394 e. The van der Waals surface area contributed by atoms with Gasteiger partial charge in [0.25, 0.3) is 0 Å². The normalized spacial score (nSPS) is 51.3. The summed E-state index contributed by atoms with van der Waals surface area (Å²) >= 11 is 0. The molecule has 3 fully saturated rings. The summed E-state index contributed by atoms with van der Waals surface area (Å²) in [6.07, 6.45) is -23.4. The Hall–Kier alpha value is -0.640. The van der Waals surface area contributed by atoms with Gasteiger partial charge in [0.15, 0.2) is 18.9 Å². The Morgan fingerprint density at radius 3 is 1.71 bits per heavy atom. The summed E-state index contributed by atoms with van der Waals surface area (Å²) in [5, 5.41) is 99.9. The number of hydrogen-bond donors (Lipinski definition) is 10. The second-order valence-corrected chi connectivity index (χ2v) is 8.58. The lowest BCUT2D eigenvalue weighted by atomic mass is 9.96. The second-order valence-electron chi connectivity index (χ2n) is 8.58. The molecule has 35 heavy (non-hydrogen) atoms. The first-order valence-electron chi connectivity index (χ1n) is 11.0. The highest BCUT2D eigenvalue weighted by atomic mass is 16.7. The van der Waals surface area contributed by atoms with Crippen molar-refractivity contribution in [3.8, 4) is 0 Å². The number of methoxy groups -OCH3 is 1. The summed E-state index contributed by atoms with van der Waals surface area (Å²) in [6.45, 7) is -1.95. The summed E-state index contributed by atoms with van der Waals surface area (Å²) < 4.78 is 31.7. The Morgan fingerprint density at radius 1 is 0.571 bits per heavy atom. The maximum atomic E-state index is 10.7. The van der Waals surface area contributed by atoms with E-state index in [0.29, 0.717) is 0 Å². The van der Waals surface area contributed by atoms with E-state index < -0.39 is 112 Å². The number of rotatable bonds is 8. The summed E-state index contributed by atoms with van der Waals surface area (Å²) in [5.74, 6) is 0. The summed E-state index contributed by atoms with van der Waals surface area (Å²) in [4.78, 5) is 0. The first-order chi connectivity index (χ1) is 16.5. The van der Waals surface area contributed by atoms with Crippen LogP contribution in [0.25, 0.3) is 0 Å². The minimum Gasteiger partial charge on any atom is -0.394 e. The van der Waals surface area contributed by atoms with Gasteiger partial charge >= 0.3 is 0 Å². The highest BCUT2D eigenvalue weighted by Gasteiger charge is 2.51. The van der Waals surface area contributed by atoms with Crippen LogP contribution < -0.4 is 0 Å². The van der Waals surface area contributed by atoms with Gasteiger partial charge in [-0.25, -0.2) is 0 Å². The van der Waals surface area contributed by atoms with Gasteiger partial charge in [-0.3, -0.25) is 0 Å². The fraction of sp³-hybridized carbons (Fsp3) is 1.00. The van der Waals surface area contributed by atoms with Crippen LogP contribution in [0, 0.1) is 0 Å². The fourth-order valence-electron chi connectivity index (χ4n) is 4.18. The van der Waals surface area contributed by atoms with Gasteiger partial charge in [-0.15, -0.1) is 0 Å². The van der Waals surface area contributed by atoms with Crippen LogP contribution in [-0.2, 0) is 28.4 Å². The molecule has 206 valence electrons. The maximum Gasteiger partial charge on any atom is 0.187 e. The summed E-state index contributed by atoms with van der Waals surface area (Å²) in [7, 11) is 1.18. The molecule has 16 heteroatoms. The quantitative estimate of drug-likeness (QED) is 0.143. The molecule has 1 unspecified atom stereocenters. The Labute approximate surface area is 199 Å². The van der Waals surface area contributed by atoms with Gasteiger partial charge in [-0.1, -0.05) is 0 Å². The van der Waals surface area contributed by atoms with Crippen LogP contribution in [0.3, 0.4) is 0 Å². The molecule has 0 aromatic rings. The van der Waals surface area contributed by atoms with Gasteiger partial charge in [0, 0.05) is 7.11 Å². The van der Waals surface area contributed by atoms with Gasteiger partial charge in [0.1, 0.15) is 73.2 Å². The number of aliphatic hydroxyl groups excluding tert-OH is 10. The SMILES string of the molecule is CO[C@@H]1[C@@H](O[C@H]2[C@H](O)[C@@H](CO[C@H]3O[C@H](CO)[C@@H](O)[C@H](O)[C@@H]3O)OC(O)[C@H]2O)O[C@H](CO)[C@@H](O)[C@@H]1O. The molecule has 3 heterocycles. The smallest absolute Gasteiger partial charge is 0.187 e. The van der Waals surface area contributed by atoms with Crippen molar-refractivity contribution in [3.05, 3.63) is 0 Å². The number of aliphatic hydroxyl groups is 10. The number of ether oxygens (including phenoxy) is 6. The minimum absolute atomic E-state index is 0.576. The van der Waals surface area contributed by atoms with Crippen molar-refractivity contribution in [1.29, 1.82) is 0 Å². The van der Waals surface area contributed by atoms with Crippen LogP contribution in [0.5, 0.6) is 0 Å². The average Bonchev–Trinajstić information content (AvgIpc) is 2.84. The summed E-state index contributed by atoms with van der Waals surface area (Å²) in [5.41, 5.74) is 0. The first kappa shape index (κ1) is 28.9. The lowest BCUT2D eigenvalue weighted by Crippen LogP contribution is -2.65. The van der Waals surface area contributed by atoms with Crippen molar-refractivity contribution < 1.29 is 79.5 Å². The lowest BCUT2D eigenvalue weighted by molar-refractivity contribution is -0.363. The molecule has 10 N–H and O–H groups in total. The highest BCUT2D eigenvalue weighted by Crippen LogP contribution is 2.30. The molecule has 16 nitrogen and oxygen atoms in total. The molecule has 0 saturated carbocycles. The molecule has 0 radical (unpaired) electrons. The molecule has 0 spiro atoms. The third-order valence-electron chi connectivity index (χ3n) is 6.32. The van der Waals surface area contributed by atoms with Crippen LogP contribution in [-0.4, -0.2) is 170 Å². The monoisotopic (exact) mass is 518 g/mol. The Morgan fingerprint density at radius 2 is 1.14 bits per heavy atom. The van der Waals surface area contributed by atoms with E-state index in [0.717, 1.165) is 0 Å². The fourth-order valence-corrected chi connectivity index (χ4v) is 4.18. The van der Waals surface area contributed by atoms with E-state index in [4.69, 9.17) is 28.4 Å². The van der Waals surface area contributed by atoms with Gasteiger partial charge in [0.2, 0.25) is 0 Å². The molecule has 0 aliphatic carbocycles. The van der Waals surface area contributed by atoms with Crippen LogP contribution in [0.1, 0.15) is 0 Å². The molecular formula is C19H34O16. The standard InChI is InChI=1S/C19H34O16/c1-30-16-12(26)9(23)6(3-21)34-19(16)35-15-10(24)7(32-17(29)14(15)28)4-31-18-13(27)11(25)8(22)5(2-20)33-18/h5-29H,2-4H2,1H3/t5-,6-,7-,8-,9-,10-,11+,12+,13+,14+,15+,16+,17?,18+,19-/m1/s1. The van der Waals surface area contributed by atoms with Crippen molar-refractivity contribution in [1.82, 2.24) is 0 Å². The van der Waals surface area contributed by atoms with E-state index in [2.05, 4.69) is 0 Å². The first-order valence-corrected chi connectivity index (χ1v) is 11.0. The molecule has 0 aromatic carbocycles. The number of hydrogen-bond acceptors (Lipinski definition) is 16. The van der Waals surface area contributed by atoms with Gasteiger partial charge < -0.3 is 79.5 Å². The molecule has 0 aromatic heterocycles. The third kappa shape index (κ3) is 5.93. The Balaban J connectivity index is 1.68. The van der Waals surface area contributed by atoms with E-state index in [1.807, 2.05) is 0 Å². The predicted molar refractivity (Wildman–Crippen MR) is 106 cm³/mol. The molecule has 3 aliphatic rings. The van der Waals surface area contributed by atoms with Crippen LogP contribution in [0.15, 0.2) is 0 Å². The lowest BCUT2D eigenvalue weighted by Gasteiger charge is -2.46. The van der Waals surface area contributed by atoms with Crippen molar-refractivity contribution in [2.45, 2.75) is 92.1 Å². The predicted octanol–water partition coefficient (Wildman–Crippen LogP) is -6.92. The average molecular weight is 518 g/mol. The van der Waals surface area contributed by atoms with Gasteiger partial charge in [0.05, 0.1) is 19.8 Å². The molecule has 3 rings (SSSR count).